The van der Waals surface area contributed by atoms with Crippen LogP contribution in [0.15, 0.2) is 24.4 Å². The molecule has 0 aromatic carbocycles. The molecule has 0 amide bonds. The maximum Gasteiger partial charge on any atom is 0.212 e. The quantitative estimate of drug-likeness (QED) is 0.858. The van der Waals surface area contributed by atoms with Crippen molar-refractivity contribution in [3.8, 4) is 5.88 Å². The summed E-state index contributed by atoms with van der Waals surface area (Å²) < 4.78 is 6.96. The SMILES string of the molecule is CCc1cc(CNCc2ccc(OC)nc2)n(C)n1. The number of rotatable bonds is 6. The molecule has 0 atom stereocenters. The van der Waals surface area contributed by atoms with Gasteiger partial charge in [0.05, 0.1) is 18.5 Å². The molecule has 19 heavy (non-hydrogen) atoms. The fourth-order valence-electron chi connectivity index (χ4n) is 1.88. The Hall–Kier alpha value is -1.88. The third-order valence-electron chi connectivity index (χ3n) is 3.03. The van der Waals surface area contributed by atoms with Crippen LogP contribution in [0.5, 0.6) is 5.88 Å². The summed E-state index contributed by atoms with van der Waals surface area (Å²) in [6.07, 6.45) is 2.79. The number of nitrogens with zero attached hydrogens (tertiary/aromatic N) is 3. The summed E-state index contributed by atoms with van der Waals surface area (Å²) in [5, 5.41) is 7.82. The number of hydrogen-bond donors (Lipinski definition) is 1. The molecule has 102 valence electrons. The average molecular weight is 260 g/mol. The van der Waals surface area contributed by atoms with E-state index in [9.17, 15) is 0 Å². The number of ether oxygens (including phenoxy) is 1. The van der Waals surface area contributed by atoms with Crippen LogP contribution in [0.3, 0.4) is 0 Å². The van der Waals surface area contributed by atoms with E-state index in [1.54, 1.807) is 7.11 Å². The second-order valence-electron chi connectivity index (χ2n) is 4.42. The molecule has 0 aliphatic carbocycles. The average Bonchev–Trinajstić information content (AvgIpc) is 2.80. The van der Waals surface area contributed by atoms with Crippen LogP contribution in [0.1, 0.15) is 23.9 Å². The molecule has 0 spiro atoms. The van der Waals surface area contributed by atoms with Gasteiger partial charge in [0.1, 0.15) is 0 Å². The Morgan fingerprint density at radius 2 is 2.16 bits per heavy atom. The van der Waals surface area contributed by atoms with E-state index in [0.717, 1.165) is 30.8 Å². The maximum absolute atomic E-state index is 5.03. The Bertz CT molecular complexity index is 519. The number of aryl methyl sites for hydroxylation is 2. The molecule has 5 nitrogen and oxygen atoms in total. The molecular formula is C14H20N4O. The fourth-order valence-corrected chi connectivity index (χ4v) is 1.88. The van der Waals surface area contributed by atoms with Gasteiger partial charge in [0.25, 0.3) is 0 Å². The summed E-state index contributed by atoms with van der Waals surface area (Å²) in [5.74, 6) is 0.642. The predicted octanol–water partition coefficient (Wildman–Crippen LogP) is 1.68. The van der Waals surface area contributed by atoms with Gasteiger partial charge >= 0.3 is 0 Å². The highest BCUT2D eigenvalue weighted by atomic mass is 16.5. The first kappa shape index (κ1) is 13.5. The molecule has 0 fully saturated rings. The van der Waals surface area contributed by atoms with Crippen molar-refractivity contribution in [2.75, 3.05) is 7.11 Å². The van der Waals surface area contributed by atoms with E-state index in [1.807, 2.05) is 30.1 Å². The zero-order valence-electron chi connectivity index (χ0n) is 11.7. The monoisotopic (exact) mass is 260 g/mol. The largest absolute Gasteiger partial charge is 0.481 e. The van der Waals surface area contributed by atoms with Gasteiger partial charge in [0, 0.05) is 32.4 Å². The molecule has 2 aromatic heterocycles. The Morgan fingerprint density at radius 3 is 2.74 bits per heavy atom. The van der Waals surface area contributed by atoms with Crippen molar-refractivity contribution in [2.45, 2.75) is 26.4 Å². The molecule has 1 N–H and O–H groups in total. The smallest absolute Gasteiger partial charge is 0.212 e. The zero-order chi connectivity index (χ0) is 13.7. The Balaban J connectivity index is 1.86. The minimum Gasteiger partial charge on any atom is -0.481 e. The first-order valence-corrected chi connectivity index (χ1v) is 6.44. The lowest BCUT2D eigenvalue weighted by molar-refractivity contribution is 0.397. The standard InChI is InChI=1S/C14H20N4O/c1-4-12-7-13(18(2)17-12)10-15-8-11-5-6-14(19-3)16-9-11/h5-7,9,15H,4,8,10H2,1-3H3. The summed E-state index contributed by atoms with van der Waals surface area (Å²) in [4.78, 5) is 4.18. The van der Waals surface area contributed by atoms with E-state index in [4.69, 9.17) is 4.74 Å². The molecule has 0 saturated heterocycles. The van der Waals surface area contributed by atoms with Gasteiger partial charge in [-0.1, -0.05) is 13.0 Å². The topological polar surface area (TPSA) is 52.0 Å². The van der Waals surface area contributed by atoms with Gasteiger partial charge in [-0.25, -0.2) is 4.98 Å². The van der Waals surface area contributed by atoms with E-state index >= 15 is 0 Å². The van der Waals surface area contributed by atoms with Gasteiger partial charge in [-0.2, -0.15) is 5.10 Å². The molecule has 0 aliphatic rings. The van der Waals surface area contributed by atoms with Gasteiger partial charge < -0.3 is 10.1 Å². The fraction of sp³-hybridized carbons (Fsp3) is 0.429. The van der Waals surface area contributed by atoms with E-state index in [2.05, 4.69) is 28.4 Å². The minimum absolute atomic E-state index is 0.642. The van der Waals surface area contributed by atoms with E-state index in [0.29, 0.717) is 5.88 Å². The lowest BCUT2D eigenvalue weighted by Gasteiger charge is -2.05. The van der Waals surface area contributed by atoms with Crippen LogP contribution in [-0.4, -0.2) is 21.9 Å². The van der Waals surface area contributed by atoms with Gasteiger partial charge in [0.2, 0.25) is 5.88 Å². The Labute approximate surface area is 113 Å². The third-order valence-corrected chi connectivity index (χ3v) is 3.03. The van der Waals surface area contributed by atoms with Crippen molar-refractivity contribution in [3.63, 3.8) is 0 Å². The number of nitrogens with one attached hydrogen (secondary N) is 1. The third kappa shape index (κ3) is 3.54. The molecule has 0 unspecified atom stereocenters. The van der Waals surface area contributed by atoms with E-state index in [1.165, 1.54) is 5.69 Å². The number of aromatic nitrogens is 3. The molecule has 0 radical (unpaired) electrons. The van der Waals surface area contributed by atoms with Gasteiger partial charge in [0.15, 0.2) is 0 Å². The van der Waals surface area contributed by atoms with Crippen LogP contribution >= 0.6 is 0 Å². The molecule has 0 aliphatic heterocycles. The molecule has 2 heterocycles. The van der Waals surface area contributed by atoms with Crippen LogP contribution in [-0.2, 0) is 26.6 Å². The molecule has 5 heteroatoms. The first-order valence-electron chi connectivity index (χ1n) is 6.44. The molecule has 2 rings (SSSR count). The predicted molar refractivity (Wildman–Crippen MR) is 73.9 cm³/mol. The summed E-state index contributed by atoms with van der Waals surface area (Å²) in [6.45, 7) is 3.70. The van der Waals surface area contributed by atoms with Gasteiger partial charge in [-0.15, -0.1) is 0 Å². The highest BCUT2D eigenvalue weighted by Gasteiger charge is 2.03. The van der Waals surface area contributed by atoms with Crippen molar-refractivity contribution in [1.82, 2.24) is 20.1 Å². The molecule has 0 saturated carbocycles. The van der Waals surface area contributed by atoms with E-state index < -0.39 is 0 Å². The highest BCUT2D eigenvalue weighted by molar-refractivity contribution is 5.17. The number of methoxy groups -OCH3 is 1. The van der Waals surface area contributed by atoms with Gasteiger partial charge in [-0.05, 0) is 18.1 Å². The summed E-state index contributed by atoms with van der Waals surface area (Å²) >= 11 is 0. The van der Waals surface area contributed by atoms with Crippen molar-refractivity contribution in [1.29, 1.82) is 0 Å². The van der Waals surface area contributed by atoms with Crippen LogP contribution in [0, 0.1) is 0 Å². The lowest BCUT2D eigenvalue weighted by atomic mass is 10.2. The van der Waals surface area contributed by atoms with Crippen LogP contribution in [0.25, 0.3) is 0 Å². The second-order valence-corrected chi connectivity index (χ2v) is 4.42. The van der Waals surface area contributed by atoms with E-state index in [-0.39, 0.29) is 0 Å². The zero-order valence-corrected chi connectivity index (χ0v) is 11.7. The van der Waals surface area contributed by atoms with Crippen molar-refractivity contribution < 1.29 is 4.74 Å². The normalized spacial score (nSPS) is 10.7. The van der Waals surface area contributed by atoms with Crippen molar-refractivity contribution in [2.24, 2.45) is 7.05 Å². The van der Waals surface area contributed by atoms with Crippen LogP contribution in [0.2, 0.25) is 0 Å². The first-order chi connectivity index (χ1) is 9.22. The van der Waals surface area contributed by atoms with Crippen LogP contribution < -0.4 is 10.1 Å². The van der Waals surface area contributed by atoms with Crippen molar-refractivity contribution in [3.05, 3.63) is 41.3 Å². The number of hydrogen-bond acceptors (Lipinski definition) is 4. The summed E-state index contributed by atoms with van der Waals surface area (Å²) in [7, 11) is 3.60. The summed E-state index contributed by atoms with van der Waals surface area (Å²) in [6, 6.07) is 6.02. The minimum atomic E-state index is 0.642. The van der Waals surface area contributed by atoms with Gasteiger partial charge in [-0.3, -0.25) is 4.68 Å². The Kier molecular flexibility index (Phi) is 4.52. The highest BCUT2D eigenvalue weighted by Crippen LogP contribution is 2.07. The number of pyridine rings is 1. The lowest BCUT2D eigenvalue weighted by Crippen LogP contribution is -2.15. The molecular weight excluding hydrogens is 240 g/mol. The van der Waals surface area contributed by atoms with Crippen molar-refractivity contribution >= 4 is 0 Å². The van der Waals surface area contributed by atoms with Crippen LogP contribution in [0.4, 0.5) is 0 Å². The summed E-state index contributed by atoms with van der Waals surface area (Å²) in [5.41, 5.74) is 3.46. The second kappa shape index (κ2) is 6.33. The molecule has 2 aromatic rings. The maximum atomic E-state index is 5.03. The molecule has 0 bridgehead atoms. The Morgan fingerprint density at radius 1 is 1.32 bits per heavy atom.